The van der Waals surface area contributed by atoms with Crippen LogP contribution in [0.4, 0.5) is 5.69 Å². The number of nitro groups is 1. The Morgan fingerprint density at radius 1 is 1.35 bits per heavy atom. The van der Waals surface area contributed by atoms with Crippen molar-refractivity contribution >= 4 is 34.6 Å². The van der Waals surface area contributed by atoms with Gasteiger partial charge < -0.3 is 4.57 Å². The molecule has 0 N–H and O–H groups in total. The summed E-state index contributed by atoms with van der Waals surface area (Å²) in [5.41, 5.74) is 0.818. The third-order valence-corrected chi connectivity index (χ3v) is 5.67. The molecule has 0 fully saturated rings. The van der Waals surface area contributed by atoms with E-state index in [1.54, 1.807) is 30.4 Å². The van der Waals surface area contributed by atoms with E-state index in [9.17, 15) is 14.9 Å². The van der Waals surface area contributed by atoms with Gasteiger partial charge in [0.25, 0.3) is 5.69 Å². The van der Waals surface area contributed by atoms with Gasteiger partial charge in [-0.1, -0.05) is 30.0 Å². The summed E-state index contributed by atoms with van der Waals surface area (Å²) in [7, 11) is 0. The molecule has 0 atom stereocenters. The van der Waals surface area contributed by atoms with Gasteiger partial charge in [0.2, 0.25) is 0 Å². The summed E-state index contributed by atoms with van der Waals surface area (Å²) >= 11 is 2.87. The lowest BCUT2D eigenvalue weighted by atomic mass is 10.1. The number of benzene rings is 1. The molecular formula is C17H16N4O3S2. The van der Waals surface area contributed by atoms with Gasteiger partial charge in [-0.25, -0.2) is 0 Å². The van der Waals surface area contributed by atoms with Crippen LogP contribution in [0, 0.1) is 17.0 Å². The van der Waals surface area contributed by atoms with Crippen molar-refractivity contribution in [3.8, 4) is 10.7 Å². The molecule has 134 valence electrons. The molecule has 9 heteroatoms. The molecule has 3 rings (SSSR count). The predicted octanol–water partition coefficient (Wildman–Crippen LogP) is 4.22. The molecule has 0 aliphatic heterocycles. The Bertz CT molecular complexity index is 951. The average molecular weight is 388 g/mol. The molecule has 0 saturated carbocycles. The minimum atomic E-state index is -0.472. The molecule has 1 aromatic carbocycles. The SMILES string of the molecule is CCn1c(SCC(=O)c2ccc(C)c([N+](=O)[O-])c2)nnc1-c1cccs1. The molecule has 0 aliphatic carbocycles. The zero-order valence-corrected chi connectivity index (χ0v) is 15.8. The number of aryl methyl sites for hydroxylation is 1. The number of hydrogen-bond donors (Lipinski definition) is 0. The summed E-state index contributed by atoms with van der Waals surface area (Å²) in [6.07, 6.45) is 0. The Hall–Kier alpha value is -2.52. The standard InChI is InChI=1S/C17H16N4O3S2/c1-3-20-16(15-5-4-8-25-15)18-19-17(20)26-10-14(22)12-7-6-11(2)13(9-12)21(23)24/h4-9H,3,10H2,1-2H3. The Labute approximate surface area is 158 Å². The number of thiophene rings is 1. The molecule has 0 bridgehead atoms. The molecule has 3 aromatic rings. The smallest absolute Gasteiger partial charge is 0.273 e. The van der Waals surface area contributed by atoms with E-state index in [0.29, 0.717) is 22.8 Å². The molecule has 0 spiro atoms. The topological polar surface area (TPSA) is 90.9 Å². The number of carbonyl (C=O) groups excluding carboxylic acids is 1. The first-order valence-electron chi connectivity index (χ1n) is 7.89. The minimum Gasteiger partial charge on any atom is -0.302 e. The van der Waals surface area contributed by atoms with Gasteiger partial charge >= 0.3 is 0 Å². The molecule has 0 aliphatic rings. The number of carbonyl (C=O) groups is 1. The van der Waals surface area contributed by atoms with Crippen LogP contribution < -0.4 is 0 Å². The first-order valence-corrected chi connectivity index (χ1v) is 9.76. The molecule has 0 amide bonds. The van der Waals surface area contributed by atoms with Gasteiger partial charge in [0.05, 0.1) is 15.6 Å². The van der Waals surface area contributed by atoms with Gasteiger partial charge in [-0.2, -0.15) is 0 Å². The summed E-state index contributed by atoms with van der Waals surface area (Å²) in [6, 6.07) is 8.48. The number of nitrogens with zero attached hydrogens (tertiary/aromatic N) is 4. The van der Waals surface area contributed by atoms with Crippen molar-refractivity contribution in [1.82, 2.24) is 14.8 Å². The Morgan fingerprint density at radius 3 is 2.81 bits per heavy atom. The maximum absolute atomic E-state index is 12.4. The molecule has 0 unspecified atom stereocenters. The lowest BCUT2D eigenvalue weighted by Crippen LogP contribution is -2.06. The van der Waals surface area contributed by atoms with Crippen molar-refractivity contribution in [2.45, 2.75) is 25.5 Å². The van der Waals surface area contributed by atoms with Crippen molar-refractivity contribution in [3.63, 3.8) is 0 Å². The minimum absolute atomic E-state index is 0.0439. The highest BCUT2D eigenvalue weighted by atomic mass is 32.2. The summed E-state index contributed by atoms with van der Waals surface area (Å²) in [4.78, 5) is 24.0. The van der Waals surface area contributed by atoms with E-state index in [4.69, 9.17) is 0 Å². The highest BCUT2D eigenvalue weighted by Gasteiger charge is 2.18. The number of rotatable bonds is 7. The largest absolute Gasteiger partial charge is 0.302 e. The second kappa shape index (κ2) is 7.79. The molecule has 2 heterocycles. The number of ketones is 1. The molecule has 0 radical (unpaired) electrons. The quantitative estimate of drug-likeness (QED) is 0.260. The molecule has 0 saturated heterocycles. The van der Waals surface area contributed by atoms with E-state index in [1.165, 1.54) is 17.8 Å². The van der Waals surface area contributed by atoms with E-state index in [0.717, 1.165) is 10.7 Å². The number of hydrogen-bond acceptors (Lipinski definition) is 7. The van der Waals surface area contributed by atoms with Crippen molar-refractivity contribution in [2.24, 2.45) is 0 Å². The van der Waals surface area contributed by atoms with Crippen LogP contribution in [0.2, 0.25) is 0 Å². The van der Waals surface area contributed by atoms with Gasteiger partial charge in [-0.05, 0) is 25.3 Å². The van der Waals surface area contributed by atoms with Crippen LogP contribution in [0.15, 0.2) is 40.9 Å². The van der Waals surface area contributed by atoms with Gasteiger partial charge in [0.15, 0.2) is 16.8 Å². The first kappa shape index (κ1) is 18.3. The third kappa shape index (κ3) is 3.68. The zero-order chi connectivity index (χ0) is 18.7. The van der Waals surface area contributed by atoms with Crippen LogP contribution in [0.5, 0.6) is 0 Å². The molecule has 7 nitrogen and oxygen atoms in total. The van der Waals surface area contributed by atoms with Crippen molar-refractivity contribution in [3.05, 3.63) is 57.0 Å². The summed E-state index contributed by atoms with van der Waals surface area (Å²) < 4.78 is 1.96. The van der Waals surface area contributed by atoms with E-state index < -0.39 is 4.92 Å². The Balaban J connectivity index is 1.76. The molecular weight excluding hydrogens is 372 g/mol. The number of nitro benzene ring substituents is 1. The fourth-order valence-corrected chi connectivity index (χ4v) is 4.08. The van der Waals surface area contributed by atoms with E-state index in [1.807, 2.05) is 29.0 Å². The fourth-order valence-electron chi connectivity index (χ4n) is 2.46. The van der Waals surface area contributed by atoms with Gasteiger partial charge in [-0.3, -0.25) is 14.9 Å². The first-order chi connectivity index (χ1) is 12.5. The van der Waals surface area contributed by atoms with Crippen molar-refractivity contribution < 1.29 is 9.72 Å². The van der Waals surface area contributed by atoms with Gasteiger partial charge in [0, 0.05) is 23.7 Å². The Morgan fingerprint density at radius 2 is 2.15 bits per heavy atom. The number of Topliss-reactive ketones (excluding diaryl/α,β-unsaturated/α-hetero) is 1. The van der Waals surface area contributed by atoms with Crippen LogP contribution in [0.25, 0.3) is 10.7 Å². The summed E-state index contributed by atoms with van der Waals surface area (Å²) in [5, 5.41) is 22.1. The van der Waals surface area contributed by atoms with Gasteiger partial charge in [-0.15, -0.1) is 21.5 Å². The van der Waals surface area contributed by atoms with E-state index >= 15 is 0 Å². The van der Waals surface area contributed by atoms with Crippen LogP contribution in [0.1, 0.15) is 22.8 Å². The maximum Gasteiger partial charge on any atom is 0.273 e. The maximum atomic E-state index is 12.4. The Kier molecular flexibility index (Phi) is 5.48. The van der Waals surface area contributed by atoms with Crippen LogP contribution in [-0.2, 0) is 6.54 Å². The second-order valence-corrected chi connectivity index (χ2v) is 7.39. The highest BCUT2D eigenvalue weighted by Crippen LogP contribution is 2.28. The van der Waals surface area contributed by atoms with Crippen LogP contribution >= 0.6 is 23.1 Å². The second-order valence-electron chi connectivity index (χ2n) is 5.50. The van der Waals surface area contributed by atoms with Crippen molar-refractivity contribution in [2.75, 3.05) is 5.75 Å². The normalized spacial score (nSPS) is 10.8. The predicted molar refractivity (Wildman–Crippen MR) is 102 cm³/mol. The van der Waals surface area contributed by atoms with E-state index in [2.05, 4.69) is 10.2 Å². The van der Waals surface area contributed by atoms with Crippen molar-refractivity contribution in [1.29, 1.82) is 0 Å². The lowest BCUT2D eigenvalue weighted by Gasteiger charge is -2.06. The van der Waals surface area contributed by atoms with E-state index in [-0.39, 0.29) is 17.2 Å². The average Bonchev–Trinajstić information content (AvgIpc) is 3.28. The molecule has 26 heavy (non-hydrogen) atoms. The zero-order valence-electron chi connectivity index (χ0n) is 14.2. The third-order valence-electron chi connectivity index (χ3n) is 3.83. The monoisotopic (exact) mass is 388 g/mol. The molecule has 2 aromatic heterocycles. The summed E-state index contributed by atoms with van der Waals surface area (Å²) in [6.45, 7) is 4.33. The highest BCUT2D eigenvalue weighted by molar-refractivity contribution is 7.99. The number of thioether (sulfide) groups is 1. The van der Waals surface area contributed by atoms with Crippen LogP contribution in [-0.4, -0.2) is 31.2 Å². The number of aromatic nitrogens is 3. The lowest BCUT2D eigenvalue weighted by molar-refractivity contribution is -0.385. The summed E-state index contributed by atoms with van der Waals surface area (Å²) in [5.74, 6) is 0.743. The fraction of sp³-hybridized carbons (Fsp3) is 0.235. The van der Waals surface area contributed by atoms with Gasteiger partial charge in [0.1, 0.15) is 0 Å². The van der Waals surface area contributed by atoms with Crippen LogP contribution in [0.3, 0.4) is 0 Å².